The van der Waals surface area contributed by atoms with Gasteiger partial charge in [-0.1, -0.05) is 6.92 Å². The van der Waals surface area contributed by atoms with E-state index in [1.54, 1.807) is 7.11 Å². The van der Waals surface area contributed by atoms with Crippen LogP contribution in [0.15, 0.2) is 0 Å². The van der Waals surface area contributed by atoms with E-state index in [2.05, 4.69) is 5.32 Å². The molecule has 0 radical (unpaired) electrons. The van der Waals surface area contributed by atoms with Crippen LogP contribution in [0.1, 0.15) is 6.92 Å². The summed E-state index contributed by atoms with van der Waals surface area (Å²) in [6.45, 7) is 3.42. The third-order valence-corrected chi connectivity index (χ3v) is 1.65. The highest BCUT2D eigenvalue weighted by molar-refractivity contribution is 4.65. The molecule has 1 unspecified atom stereocenters. The number of rotatable bonds is 7. The molecule has 0 amide bonds. The predicted molar refractivity (Wildman–Crippen MR) is 47.0 cm³/mol. The Morgan fingerprint density at radius 3 is 2.33 bits per heavy atom. The summed E-state index contributed by atoms with van der Waals surface area (Å²) in [6.07, 6.45) is 0. The van der Waals surface area contributed by atoms with E-state index in [1.807, 2.05) is 6.92 Å². The van der Waals surface area contributed by atoms with E-state index in [0.29, 0.717) is 12.5 Å². The third-order valence-electron chi connectivity index (χ3n) is 1.65. The predicted octanol–water partition coefficient (Wildman–Crippen LogP) is -0.788. The fourth-order valence-corrected chi connectivity index (χ4v) is 0.898. The molecule has 0 aromatic carbocycles. The zero-order valence-corrected chi connectivity index (χ0v) is 7.79. The Morgan fingerprint density at radius 2 is 1.92 bits per heavy atom. The van der Waals surface area contributed by atoms with Crippen molar-refractivity contribution in [3.63, 3.8) is 0 Å². The van der Waals surface area contributed by atoms with Gasteiger partial charge in [-0.2, -0.15) is 0 Å². The molecule has 4 heteroatoms. The van der Waals surface area contributed by atoms with Crippen molar-refractivity contribution in [3.8, 4) is 0 Å². The number of methoxy groups -OCH3 is 1. The second kappa shape index (κ2) is 7.49. The lowest BCUT2D eigenvalue weighted by Gasteiger charge is -2.16. The monoisotopic (exact) mass is 177 g/mol. The zero-order valence-electron chi connectivity index (χ0n) is 7.79. The molecule has 0 aliphatic heterocycles. The first-order valence-corrected chi connectivity index (χ1v) is 4.18. The molecule has 3 N–H and O–H groups in total. The van der Waals surface area contributed by atoms with Crippen molar-refractivity contribution >= 4 is 0 Å². The molecule has 0 bridgehead atoms. The first-order chi connectivity index (χ1) is 5.74. The van der Waals surface area contributed by atoms with Gasteiger partial charge in [0.25, 0.3) is 0 Å². The Balaban J connectivity index is 3.37. The summed E-state index contributed by atoms with van der Waals surface area (Å²) in [5.74, 6) is 0.399. The fourth-order valence-electron chi connectivity index (χ4n) is 0.898. The number of nitrogens with one attached hydrogen (secondary N) is 1. The molecule has 0 fully saturated rings. The number of hydrogen-bond acceptors (Lipinski definition) is 4. The van der Waals surface area contributed by atoms with Crippen molar-refractivity contribution in [2.24, 2.45) is 5.92 Å². The van der Waals surface area contributed by atoms with Crippen molar-refractivity contribution in [1.82, 2.24) is 5.32 Å². The van der Waals surface area contributed by atoms with Gasteiger partial charge in [-0.15, -0.1) is 0 Å². The smallest absolute Gasteiger partial charge is 0.0607 e. The highest BCUT2D eigenvalue weighted by Gasteiger charge is 2.06. The van der Waals surface area contributed by atoms with Crippen LogP contribution in [-0.2, 0) is 4.74 Å². The van der Waals surface area contributed by atoms with Crippen molar-refractivity contribution < 1.29 is 14.9 Å². The molecule has 0 aliphatic carbocycles. The van der Waals surface area contributed by atoms with Crippen LogP contribution in [-0.4, -0.2) is 49.7 Å². The van der Waals surface area contributed by atoms with Crippen LogP contribution >= 0.6 is 0 Å². The Morgan fingerprint density at radius 1 is 1.33 bits per heavy atom. The highest BCUT2D eigenvalue weighted by Crippen LogP contribution is 1.93. The van der Waals surface area contributed by atoms with Crippen LogP contribution in [0.5, 0.6) is 0 Å². The number of ether oxygens (including phenoxy) is 1. The van der Waals surface area contributed by atoms with Crippen molar-refractivity contribution in [2.75, 3.05) is 33.5 Å². The van der Waals surface area contributed by atoms with E-state index in [1.165, 1.54) is 0 Å². The van der Waals surface area contributed by atoms with E-state index in [9.17, 15) is 0 Å². The largest absolute Gasteiger partial charge is 0.395 e. The quantitative estimate of drug-likeness (QED) is 0.477. The molecule has 0 rings (SSSR count). The number of hydrogen-bond donors (Lipinski definition) is 3. The second-order valence-corrected chi connectivity index (χ2v) is 3.03. The van der Waals surface area contributed by atoms with Crippen LogP contribution < -0.4 is 5.32 Å². The van der Waals surface area contributed by atoms with Gasteiger partial charge in [0, 0.05) is 20.3 Å². The van der Waals surface area contributed by atoms with Crippen molar-refractivity contribution in [2.45, 2.75) is 13.0 Å². The molecule has 0 saturated heterocycles. The molecule has 0 heterocycles. The molecule has 0 aliphatic rings. The summed E-state index contributed by atoms with van der Waals surface area (Å²) in [7, 11) is 1.66. The van der Waals surface area contributed by atoms with Gasteiger partial charge in [0.2, 0.25) is 0 Å². The Kier molecular flexibility index (Phi) is 7.39. The molecule has 0 aromatic rings. The average molecular weight is 177 g/mol. The standard InChI is InChI=1S/C8H19NO3/c1-7(6-12-2)3-9-8(4-10)5-11/h7-11H,3-6H2,1-2H3. The topological polar surface area (TPSA) is 61.7 Å². The maximum absolute atomic E-state index is 8.72. The van der Waals surface area contributed by atoms with Crippen LogP contribution in [0, 0.1) is 5.92 Å². The van der Waals surface area contributed by atoms with Gasteiger partial charge >= 0.3 is 0 Å². The zero-order chi connectivity index (χ0) is 9.40. The molecule has 4 nitrogen and oxygen atoms in total. The Bertz CT molecular complexity index is 96.3. The van der Waals surface area contributed by atoms with Crippen molar-refractivity contribution in [1.29, 1.82) is 0 Å². The molecular weight excluding hydrogens is 158 g/mol. The van der Waals surface area contributed by atoms with E-state index in [4.69, 9.17) is 14.9 Å². The second-order valence-electron chi connectivity index (χ2n) is 3.03. The van der Waals surface area contributed by atoms with E-state index >= 15 is 0 Å². The van der Waals surface area contributed by atoms with Crippen molar-refractivity contribution in [3.05, 3.63) is 0 Å². The van der Waals surface area contributed by atoms with E-state index < -0.39 is 0 Å². The van der Waals surface area contributed by atoms with E-state index in [-0.39, 0.29) is 19.3 Å². The summed E-state index contributed by atoms with van der Waals surface area (Å²) in [4.78, 5) is 0. The first kappa shape index (κ1) is 11.8. The molecule has 0 aromatic heterocycles. The minimum Gasteiger partial charge on any atom is -0.395 e. The normalized spacial score (nSPS) is 13.8. The van der Waals surface area contributed by atoms with Crippen LogP contribution in [0.25, 0.3) is 0 Å². The van der Waals surface area contributed by atoms with Gasteiger partial charge < -0.3 is 20.3 Å². The molecule has 0 spiro atoms. The summed E-state index contributed by atoms with van der Waals surface area (Å²) < 4.78 is 4.94. The van der Waals surface area contributed by atoms with Gasteiger partial charge in [-0.3, -0.25) is 0 Å². The maximum Gasteiger partial charge on any atom is 0.0607 e. The van der Waals surface area contributed by atoms with Gasteiger partial charge in [0.1, 0.15) is 0 Å². The summed E-state index contributed by atoms with van der Waals surface area (Å²) >= 11 is 0. The maximum atomic E-state index is 8.72. The van der Waals surface area contributed by atoms with Gasteiger partial charge in [0.05, 0.1) is 19.3 Å². The summed E-state index contributed by atoms with van der Waals surface area (Å²) in [6, 6.07) is -0.204. The van der Waals surface area contributed by atoms with Gasteiger partial charge in [-0.25, -0.2) is 0 Å². The van der Waals surface area contributed by atoms with Crippen LogP contribution in [0.3, 0.4) is 0 Å². The highest BCUT2D eigenvalue weighted by atomic mass is 16.5. The molecular formula is C8H19NO3. The minimum absolute atomic E-state index is 0.0315. The lowest BCUT2D eigenvalue weighted by atomic mass is 10.2. The average Bonchev–Trinajstić information content (AvgIpc) is 2.07. The number of aliphatic hydroxyl groups is 2. The molecule has 12 heavy (non-hydrogen) atoms. The summed E-state index contributed by atoms with van der Waals surface area (Å²) in [5.41, 5.74) is 0. The number of aliphatic hydroxyl groups excluding tert-OH is 2. The molecule has 74 valence electrons. The minimum atomic E-state index is -0.204. The SMILES string of the molecule is COCC(C)CNC(CO)CO. The van der Waals surface area contributed by atoms with Gasteiger partial charge in [-0.05, 0) is 5.92 Å². The van der Waals surface area contributed by atoms with Crippen LogP contribution in [0.2, 0.25) is 0 Å². The Labute approximate surface area is 73.5 Å². The van der Waals surface area contributed by atoms with Crippen LogP contribution in [0.4, 0.5) is 0 Å². The summed E-state index contributed by atoms with van der Waals surface area (Å²) in [5, 5.41) is 20.5. The lowest BCUT2D eigenvalue weighted by molar-refractivity contribution is 0.139. The third kappa shape index (κ3) is 5.49. The Hall–Kier alpha value is -0.160. The molecule has 1 atom stereocenters. The molecule has 0 saturated carbocycles. The first-order valence-electron chi connectivity index (χ1n) is 4.18. The van der Waals surface area contributed by atoms with E-state index in [0.717, 1.165) is 6.54 Å². The van der Waals surface area contributed by atoms with Gasteiger partial charge in [0.15, 0.2) is 0 Å². The lowest BCUT2D eigenvalue weighted by Crippen LogP contribution is -2.39. The fraction of sp³-hybridized carbons (Fsp3) is 1.00.